The summed E-state index contributed by atoms with van der Waals surface area (Å²) in [6.45, 7) is 3.67. The first-order chi connectivity index (χ1) is 8.41. The molecule has 6 nitrogen and oxygen atoms in total. The monoisotopic (exact) mass is 290 g/mol. The quantitative estimate of drug-likeness (QED) is 0.740. The van der Waals surface area contributed by atoms with Crippen molar-refractivity contribution in [1.82, 2.24) is 19.2 Å². The number of halogens is 1. The number of nitrogens with zero attached hydrogens (tertiary/aromatic N) is 4. The van der Waals surface area contributed by atoms with Gasteiger partial charge in [-0.2, -0.15) is 4.31 Å². The molecule has 0 aromatic carbocycles. The Morgan fingerprint density at radius 1 is 1.33 bits per heavy atom. The normalized spacial score (nSPS) is 23.2. The summed E-state index contributed by atoms with van der Waals surface area (Å²) in [5, 5.41) is 0.0423. The molecule has 2 rings (SSSR count). The van der Waals surface area contributed by atoms with Crippen LogP contribution >= 0.6 is 11.6 Å². The van der Waals surface area contributed by atoms with Gasteiger partial charge in [-0.15, -0.1) is 0 Å². The van der Waals surface area contributed by atoms with Crippen LogP contribution in [-0.4, -0.2) is 60.3 Å². The van der Waals surface area contributed by atoms with E-state index in [9.17, 15) is 8.42 Å². The molecule has 0 amide bonds. The fraction of sp³-hybridized carbons (Fsp3) is 0.600. The van der Waals surface area contributed by atoms with Crippen molar-refractivity contribution in [2.24, 2.45) is 0 Å². The Labute approximate surface area is 112 Å². The first-order valence-electron chi connectivity index (χ1n) is 5.59. The van der Waals surface area contributed by atoms with Gasteiger partial charge in [0.25, 0.3) is 0 Å². The average molecular weight is 291 g/mol. The van der Waals surface area contributed by atoms with E-state index in [0.717, 1.165) is 6.54 Å². The maximum absolute atomic E-state index is 12.3. The molecule has 1 aromatic rings. The summed E-state index contributed by atoms with van der Waals surface area (Å²) in [4.78, 5) is 9.64. The van der Waals surface area contributed by atoms with Crippen molar-refractivity contribution in [1.29, 1.82) is 0 Å². The molecule has 0 bridgehead atoms. The van der Waals surface area contributed by atoms with Crippen LogP contribution in [0, 0.1) is 0 Å². The van der Waals surface area contributed by atoms with Crippen molar-refractivity contribution in [3.05, 3.63) is 17.7 Å². The summed E-state index contributed by atoms with van der Waals surface area (Å²) in [7, 11) is -1.53. The Balaban J connectivity index is 2.24. The van der Waals surface area contributed by atoms with Crippen LogP contribution in [-0.2, 0) is 10.0 Å². The summed E-state index contributed by atoms with van der Waals surface area (Å²) in [6, 6.07) is 0.196. The lowest BCUT2D eigenvalue weighted by atomic mass is 10.2. The lowest BCUT2D eigenvalue weighted by Crippen LogP contribution is -2.51. The number of aromatic nitrogens is 2. The highest BCUT2D eigenvalue weighted by Gasteiger charge is 2.31. The summed E-state index contributed by atoms with van der Waals surface area (Å²) in [5.74, 6) is 0. The zero-order valence-corrected chi connectivity index (χ0v) is 11.8. The van der Waals surface area contributed by atoms with Crippen molar-refractivity contribution < 1.29 is 8.42 Å². The summed E-state index contributed by atoms with van der Waals surface area (Å²) >= 11 is 5.55. The standard InChI is InChI=1S/C10H15ClN4O2S/c1-8-7-15(4-3-14(8)2)18(16,17)9-5-12-10(11)13-6-9/h5-6,8H,3-4,7H2,1-2H3. The number of likely N-dealkylation sites (N-methyl/N-ethyl adjacent to an activating group) is 1. The first kappa shape index (κ1) is 13.7. The second-order valence-electron chi connectivity index (χ2n) is 4.38. The van der Waals surface area contributed by atoms with Crippen molar-refractivity contribution in [3.8, 4) is 0 Å². The molecule has 2 heterocycles. The number of hydrogen-bond acceptors (Lipinski definition) is 5. The molecule has 1 unspecified atom stereocenters. The van der Waals surface area contributed by atoms with Crippen LogP contribution < -0.4 is 0 Å². The molecule has 1 atom stereocenters. The van der Waals surface area contributed by atoms with Gasteiger partial charge in [0.1, 0.15) is 4.90 Å². The molecule has 0 aliphatic carbocycles. The van der Waals surface area contributed by atoms with Gasteiger partial charge < -0.3 is 4.90 Å². The van der Waals surface area contributed by atoms with Gasteiger partial charge in [0.05, 0.1) is 12.4 Å². The number of piperazine rings is 1. The van der Waals surface area contributed by atoms with E-state index in [1.54, 1.807) is 0 Å². The van der Waals surface area contributed by atoms with Crippen LogP contribution in [0.1, 0.15) is 6.92 Å². The smallest absolute Gasteiger partial charge is 0.246 e. The summed E-state index contributed by atoms with van der Waals surface area (Å²) < 4.78 is 26.1. The molecule has 1 aliphatic heterocycles. The van der Waals surface area contributed by atoms with E-state index in [2.05, 4.69) is 14.9 Å². The van der Waals surface area contributed by atoms with Crippen LogP contribution in [0.25, 0.3) is 0 Å². The Hall–Kier alpha value is -0.760. The highest BCUT2D eigenvalue weighted by atomic mass is 35.5. The number of rotatable bonds is 2. The molecule has 0 N–H and O–H groups in total. The third kappa shape index (κ3) is 2.64. The van der Waals surface area contributed by atoms with Crippen molar-refractivity contribution >= 4 is 21.6 Å². The summed E-state index contributed by atoms with van der Waals surface area (Å²) in [6.07, 6.45) is 2.49. The van der Waals surface area contributed by atoms with Crippen molar-refractivity contribution in [2.75, 3.05) is 26.7 Å². The van der Waals surface area contributed by atoms with Gasteiger partial charge in [0.2, 0.25) is 15.3 Å². The van der Waals surface area contributed by atoms with E-state index in [1.807, 2.05) is 14.0 Å². The zero-order chi connectivity index (χ0) is 13.3. The molecular formula is C10H15ClN4O2S. The van der Waals surface area contributed by atoms with E-state index < -0.39 is 10.0 Å². The van der Waals surface area contributed by atoms with Crippen molar-refractivity contribution in [3.63, 3.8) is 0 Å². The number of hydrogen-bond donors (Lipinski definition) is 0. The fourth-order valence-corrected chi connectivity index (χ4v) is 3.32. The van der Waals surface area contributed by atoms with Gasteiger partial charge in [-0.1, -0.05) is 0 Å². The third-order valence-corrected chi connectivity index (χ3v) is 5.17. The molecule has 1 saturated heterocycles. The Bertz CT molecular complexity index is 519. The molecule has 1 aromatic heterocycles. The predicted molar refractivity (Wildman–Crippen MR) is 67.9 cm³/mol. The van der Waals surface area contributed by atoms with Gasteiger partial charge in [-0.3, -0.25) is 0 Å². The van der Waals surface area contributed by atoms with E-state index in [-0.39, 0.29) is 16.2 Å². The maximum atomic E-state index is 12.3. The van der Waals surface area contributed by atoms with Crippen LogP contribution in [0.4, 0.5) is 0 Å². The second-order valence-corrected chi connectivity index (χ2v) is 6.66. The molecule has 0 spiro atoms. The molecular weight excluding hydrogens is 276 g/mol. The highest BCUT2D eigenvalue weighted by molar-refractivity contribution is 7.89. The largest absolute Gasteiger partial charge is 0.301 e. The van der Waals surface area contributed by atoms with Crippen LogP contribution in [0.15, 0.2) is 17.3 Å². The maximum Gasteiger partial charge on any atom is 0.246 e. The lowest BCUT2D eigenvalue weighted by Gasteiger charge is -2.36. The minimum atomic E-state index is -3.51. The van der Waals surface area contributed by atoms with Gasteiger partial charge >= 0.3 is 0 Å². The molecule has 1 aliphatic rings. The molecule has 0 saturated carbocycles. The first-order valence-corrected chi connectivity index (χ1v) is 7.41. The van der Waals surface area contributed by atoms with Crippen LogP contribution in [0.3, 0.4) is 0 Å². The van der Waals surface area contributed by atoms with Gasteiger partial charge in [0, 0.05) is 25.7 Å². The molecule has 1 fully saturated rings. The second kappa shape index (κ2) is 5.08. The van der Waals surface area contributed by atoms with E-state index in [4.69, 9.17) is 11.6 Å². The van der Waals surface area contributed by atoms with E-state index in [1.165, 1.54) is 16.7 Å². The zero-order valence-electron chi connectivity index (χ0n) is 10.2. The molecule has 18 heavy (non-hydrogen) atoms. The topological polar surface area (TPSA) is 66.4 Å². The van der Waals surface area contributed by atoms with Crippen LogP contribution in [0.5, 0.6) is 0 Å². The van der Waals surface area contributed by atoms with Crippen molar-refractivity contribution in [2.45, 2.75) is 17.9 Å². The van der Waals surface area contributed by atoms with Gasteiger partial charge in [-0.25, -0.2) is 18.4 Å². The SMILES string of the molecule is CC1CN(S(=O)(=O)c2cnc(Cl)nc2)CCN1C. The number of sulfonamides is 1. The minimum Gasteiger partial charge on any atom is -0.301 e. The molecule has 8 heteroatoms. The molecule has 0 radical (unpaired) electrons. The average Bonchev–Trinajstić information content (AvgIpc) is 2.33. The highest BCUT2D eigenvalue weighted by Crippen LogP contribution is 2.18. The van der Waals surface area contributed by atoms with Gasteiger partial charge in [-0.05, 0) is 25.6 Å². The Morgan fingerprint density at radius 2 is 1.94 bits per heavy atom. The lowest BCUT2D eigenvalue weighted by molar-refractivity contribution is 0.159. The van der Waals surface area contributed by atoms with E-state index in [0.29, 0.717) is 13.1 Å². The van der Waals surface area contributed by atoms with Crippen LogP contribution in [0.2, 0.25) is 5.28 Å². The Morgan fingerprint density at radius 3 is 2.50 bits per heavy atom. The molecule has 100 valence electrons. The Kier molecular flexibility index (Phi) is 3.86. The van der Waals surface area contributed by atoms with E-state index >= 15 is 0 Å². The minimum absolute atomic E-state index is 0.0423. The van der Waals surface area contributed by atoms with Gasteiger partial charge in [0.15, 0.2) is 0 Å². The fourth-order valence-electron chi connectivity index (χ4n) is 1.82. The third-order valence-electron chi connectivity index (χ3n) is 3.16. The predicted octanol–water partition coefficient (Wildman–Crippen LogP) is 0.455. The summed E-state index contributed by atoms with van der Waals surface area (Å²) in [5.41, 5.74) is 0.